The van der Waals surface area contributed by atoms with Crippen molar-refractivity contribution in [2.75, 3.05) is 33.3 Å². The van der Waals surface area contributed by atoms with Gasteiger partial charge in [0.15, 0.2) is 18.1 Å². The standard InChI is InChI=1S/C19H18O6.C14H11Cl2NO2.Na/c1-21-12-5-4-11-6-14-13-8-17(22-2)18(23-3)9-16(13)24-10-19(14,20)25-15(11)7-12;1-8-6-7-10(15)13(12(8)16)17-11-5-3-2-4-9(11)14(18)19;/h4-9,20H,10H2,1-3H3;2-7,17H,1H3,(H,18,19);/q;;+1/p-1. The average molecular weight is 660 g/mol. The molecule has 2 N–H and O–H groups in total. The Bertz CT molecular complexity index is 1780. The van der Waals surface area contributed by atoms with Crippen LogP contribution in [0.3, 0.4) is 0 Å². The van der Waals surface area contributed by atoms with Gasteiger partial charge in [-0.05, 0) is 48.9 Å². The van der Waals surface area contributed by atoms with Crippen LogP contribution in [-0.2, 0) is 0 Å². The van der Waals surface area contributed by atoms with Crippen molar-refractivity contribution in [2.45, 2.75) is 12.7 Å². The third-order valence-electron chi connectivity index (χ3n) is 7.11. The van der Waals surface area contributed by atoms with E-state index in [0.717, 1.165) is 11.1 Å². The van der Waals surface area contributed by atoms with E-state index in [9.17, 15) is 15.0 Å². The Morgan fingerprint density at radius 1 is 0.956 bits per heavy atom. The number of carbonyl (C=O) groups is 1. The largest absolute Gasteiger partial charge is 1.00 e. The second kappa shape index (κ2) is 14.2. The third-order valence-corrected chi connectivity index (χ3v) is 7.91. The summed E-state index contributed by atoms with van der Waals surface area (Å²) in [5.74, 6) is 0.0778. The summed E-state index contributed by atoms with van der Waals surface area (Å²) in [6.07, 6.45) is 1.89. The second-order valence-electron chi connectivity index (χ2n) is 9.85. The number of aryl methyl sites for hydroxylation is 1. The van der Waals surface area contributed by atoms with E-state index < -0.39 is 11.8 Å². The first-order valence-electron chi connectivity index (χ1n) is 13.3. The fourth-order valence-corrected chi connectivity index (χ4v) is 5.26. The molecule has 9 nitrogen and oxygen atoms in total. The van der Waals surface area contributed by atoms with E-state index in [1.165, 1.54) is 6.07 Å². The summed E-state index contributed by atoms with van der Waals surface area (Å²) < 4.78 is 27.5. The van der Waals surface area contributed by atoms with Gasteiger partial charge in [-0.15, -0.1) is 0 Å². The zero-order chi connectivity index (χ0) is 31.6. The molecule has 228 valence electrons. The van der Waals surface area contributed by atoms with Gasteiger partial charge in [0.2, 0.25) is 0 Å². The predicted molar refractivity (Wildman–Crippen MR) is 167 cm³/mol. The minimum Gasteiger partial charge on any atom is -0.545 e. The van der Waals surface area contributed by atoms with Crippen LogP contribution in [0, 0.1) is 6.92 Å². The van der Waals surface area contributed by atoms with Crippen LogP contribution in [0.15, 0.2) is 66.7 Å². The minimum absolute atomic E-state index is 0. The monoisotopic (exact) mass is 659 g/mol. The number of carboxylic acids is 1. The van der Waals surface area contributed by atoms with Gasteiger partial charge in [-0.25, -0.2) is 0 Å². The molecule has 12 heteroatoms. The normalized spacial score (nSPS) is 15.5. The van der Waals surface area contributed by atoms with Crippen LogP contribution in [0.5, 0.6) is 28.7 Å². The molecule has 2 aliphatic heterocycles. The molecule has 6 rings (SSSR count). The topological polar surface area (TPSA) is 119 Å². The van der Waals surface area contributed by atoms with Crippen molar-refractivity contribution in [3.63, 3.8) is 0 Å². The van der Waals surface area contributed by atoms with Crippen molar-refractivity contribution < 1.29 is 68.2 Å². The van der Waals surface area contributed by atoms with Crippen LogP contribution in [0.25, 0.3) is 11.6 Å². The van der Waals surface area contributed by atoms with Crippen molar-refractivity contribution in [1.82, 2.24) is 0 Å². The molecule has 0 spiro atoms. The number of aromatic carboxylic acids is 1. The number of hydrogen-bond acceptors (Lipinski definition) is 9. The molecule has 4 aromatic rings. The number of hydrogen-bond donors (Lipinski definition) is 2. The van der Waals surface area contributed by atoms with Crippen LogP contribution in [0.4, 0.5) is 11.4 Å². The molecule has 4 aromatic carbocycles. The van der Waals surface area contributed by atoms with Gasteiger partial charge in [-0.3, -0.25) is 0 Å². The summed E-state index contributed by atoms with van der Waals surface area (Å²) in [5, 5.41) is 25.9. The first-order valence-corrected chi connectivity index (χ1v) is 14.1. The molecule has 0 radical (unpaired) electrons. The fourth-order valence-electron chi connectivity index (χ4n) is 4.79. The molecule has 0 aliphatic carbocycles. The molecular weight excluding hydrogens is 632 g/mol. The van der Waals surface area contributed by atoms with Crippen LogP contribution in [0.2, 0.25) is 10.0 Å². The van der Waals surface area contributed by atoms with Crippen molar-refractivity contribution in [2.24, 2.45) is 0 Å². The fraction of sp³-hybridized carbons (Fsp3) is 0.182. The van der Waals surface area contributed by atoms with E-state index in [-0.39, 0.29) is 41.7 Å². The van der Waals surface area contributed by atoms with E-state index in [1.54, 1.807) is 69.9 Å². The molecule has 1 atom stereocenters. The Hall–Kier alpha value is -3.57. The van der Waals surface area contributed by atoms with Gasteiger partial charge in [0.05, 0.1) is 43.0 Å². The quantitative estimate of drug-likeness (QED) is 0.301. The second-order valence-corrected chi connectivity index (χ2v) is 10.6. The number of halogens is 2. The summed E-state index contributed by atoms with van der Waals surface area (Å²) in [4.78, 5) is 11.0. The molecular formula is C33H28Cl2NNaO8. The number of carbonyl (C=O) groups excluding carboxylic acids is 1. The zero-order valence-corrected chi connectivity index (χ0v) is 28.7. The number of fused-ring (bicyclic) bond motifs is 4. The Morgan fingerprint density at radius 2 is 1.67 bits per heavy atom. The molecule has 0 bridgehead atoms. The van der Waals surface area contributed by atoms with Crippen LogP contribution >= 0.6 is 23.2 Å². The summed E-state index contributed by atoms with van der Waals surface area (Å²) in [7, 11) is 4.71. The van der Waals surface area contributed by atoms with Gasteiger partial charge < -0.3 is 44.0 Å². The maximum atomic E-state index is 11.0. The van der Waals surface area contributed by atoms with Crippen LogP contribution in [-0.4, -0.2) is 44.8 Å². The van der Waals surface area contributed by atoms with Gasteiger partial charge >= 0.3 is 29.6 Å². The third kappa shape index (κ3) is 6.99. The Labute approximate surface area is 292 Å². The number of aliphatic hydroxyl groups is 1. The van der Waals surface area contributed by atoms with Gasteiger partial charge in [-0.2, -0.15) is 0 Å². The minimum atomic E-state index is -1.58. The molecule has 1 unspecified atom stereocenters. The van der Waals surface area contributed by atoms with Crippen molar-refractivity contribution in [3.8, 4) is 28.7 Å². The van der Waals surface area contributed by atoms with Crippen LogP contribution in [0.1, 0.15) is 27.0 Å². The molecule has 2 aliphatic rings. The number of rotatable bonds is 6. The Balaban J connectivity index is 0.000000208. The van der Waals surface area contributed by atoms with E-state index in [4.69, 9.17) is 46.9 Å². The first kappa shape index (κ1) is 34.3. The van der Waals surface area contributed by atoms with E-state index in [0.29, 0.717) is 61.3 Å². The summed E-state index contributed by atoms with van der Waals surface area (Å²) in [5.41, 5.74) is 3.94. The Kier molecular flexibility index (Phi) is 10.9. The summed E-state index contributed by atoms with van der Waals surface area (Å²) >= 11 is 12.2. The number of carboxylic acid groups (broad SMARTS) is 1. The van der Waals surface area contributed by atoms with Gasteiger partial charge in [0.25, 0.3) is 5.79 Å². The number of benzene rings is 4. The van der Waals surface area contributed by atoms with Crippen molar-refractivity contribution >= 4 is 52.2 Å². The maximum Gasteiger partial charge on any atom is 1.00 e. The smallest absolute Gasteiger partial charge is 0.545 e. The number of methoxy groups -OCH3 is 3. The van der Waals surface area contributed by atoms with Crippen molar-refractivity contribution in [1.29, 1.82) is 0 Å². The van der Waals surface area contributed by atoms with Gasteiger partial charge in [-0.1, -0.05) is 47.5 Å². The maximum absolute atomic E-state index is 11.0. The summed E-state index contributed by atoms with van der Waals surface area (Å²) in [6.45, 7) is 1.81. The van der Waals surface area contributed by atoms with Crippen molar-refractivity contribution in [3.05, 3.63) is 99.0 Å². The predicted octanol–water partition coefficient (Wildman–Crippen LogP) is 3.14. The summed E-state index contributed by atoms with van der Waals surface area (Å²) in [6, 6.07) is 18.9. The molecule has 0 saturated carbocycles. The van der Waals surface area contributed by atoms with Crippen LogP contribution < -0.4 is 63.7 Å². The molecule has 0 aromatic heterocycles. The molecule has 2 heterocycles. The van der Waals surface area contributed by atoms with E-state index >= 15 is 0 Å². The number of ether oxygens (including phenoxy) is 5. The number of para-hydroxylation sites is 1. The number of anilines is 2. The molecule has 45 heavy (non-hydrogen) atoms. The zero-order valence-electron chi connectivity index (χ0n) is 25.2. The number of nitrogens with one attached hydrogen (secondary N) is 1. The molecule has 0 fully saturated rings. The molecule has 0 saturated heterocycles. The van der Waals surface area contributed by atoms with E-state index in [2.05, 4.69) is 5.32 Å². The average Bonchev–Trinajstić information content (AvgIpc) is 3.03. The van der Waals surface area contributed by atoms with Gasteiger partial charge in [0.1, 0.15) is 17.2 Å². The SMILES string of the molecule is COc1ccc2c(c1)OC1(O)COc3cc(OC)c(OC)cc3C1=C2.Cc1ccc(Cl)c(Nc2ccccc2C(=O)[O-])c1Cl.[Na+]. The van der Waals surface area contributed by atoms with E-state index in [1.807, 2.05) is 25.1 Å². The van der Waals surface area contributed by atoms with Gasteiger partial charge in [0, 0.05) is 40.1 Å². The Morgan fingerprint density at radius 3 is 2.36 bits per heavy atom. The first-order chi connectivity index (χ1) is 21.1. The molecule has 0 amide bonds.